The third kappa shape index (κ3) is 4.26. The number of hydrogen-bond donors (Lipinski definition) is 1. The Kier molecular flexibility index (Phi) is 5.90. The lowest BCUT2D eigenvalue weighted by Gasteiger charge is -2.26. The van der Waals surface area contributed by atoms with E-state index in [0.717, 1.165) is 19.3 Å². The molecule has 1 amide bonds. The van der Waals surface area contributed by atoms with Crippen molar-refractivity contribution in [2.75, 3.05) is 18.4 Å². The highest BCUT2D eigenvalue weighted by Crippen LogP contribution is 2.26. The largest absolute Gasteiger partial charge is 0.320 e. The Morgan fingerprint density at radius 1 is 1.03 bits per heavy atom. The van der Waals surface area contributed by atoms with Crippen LogP contribution in [0.25, 0.3) is 5.69 Å². The molecular weight excluding hydrogens is 424 g/mol. The topological polar surface area (TPSA) is 84.3 Å². The third-order valence-corrected chi connectivity index (χ3v) is 7.14. The lowest BCUT2D eigenvalue weighted by Crippen LogP contribution is -2.35. The predicted octanol–water partition coefficient (Wildman–Crippen LogP) is 3.95. The number of benzene rings is 2. The summed E-state index contributed by atoms with van der Waals surface area (Å²) in [5.41, 5.74) is 1.37. The summed E-state index contributed by atoms with van der Waals surface area (Å²) in [4.78, 5) is 13.0. The number of carbonyl (C=O) groups excluding carboxylic acids is 1. The van der Waals surface area contributed by atoms with Gasteiger partial charge in [0.2, 0.25) is 10.0 Å². The van der Waals surface area contributed by atoms with Gasteiger partial charge in [-0.15, -0.1) is 0 Å². The summed E-state index contributed by atoms with van der Waals surface area (Å²) in [6, 6.07) is 13.0. The van der Waals surface area contributed by atoms with Crippen LogP contribution in [-0.4, -0.2) is 41.5 Å². The fourth-order valence-corrected chi connectivity index (χ4v) is 5.20. The first-order chi connectivity index (χ1) is 14.4. The number of nitrogens with zero attached hydrogens (tertiary/aromatic N) is 3. The Bertz CT molecular complexity index is 1160. The van der Waals surface area contributed by atoms with Crippen LogP contribution in [0.2, 0.25) is 5.02 Å². The molecule has 2 aromatic carbocycles. The molecule has 9 heteroatoms. The van der Waals surface area contributed by atoms with Gasteiger partial charge in [0.05, 0.1) is 16.3 Å². The van der Waals surface area contributed by atoms with E-state index in [1.807, 2.05) is 0 Å². The van der Waals surface area contributed by atoms with Crippen molar-refractivity contribution in [1.82, 2.24) is 14.1 Å². The van der Waals surface area contributed by atoms with E-state index < -0.39 is 15.9 Å². The Hall–Kier alpha value is -2.68. The zero-order valence-electron chi connectivity index (χ0n) is 16.2. The van der Waals surface area contributed by atoms with Crippen LogP contribution in [0, 0.1) is 0 Å². The van der Waals surface area contributed by atoms with Gasteiger partial charge in [0.15, 0.2) is 0 Å². The number of rotatable bonds is 5. The van der Waals surface area contributed by atoms with Crippen molar-refractivity contribution in [3.05, 3.63) is 71.5 Å². The average molecular weight is 445 g/mol. The molecule has 0 aliphatic carbocycles. The third-order valence-electron chi connectivity index (χ3n) is 5.01. The van der Waals surface area contributed by atoms with Gasteiger partial charge in [-0.1, -0.05) is 24.1 Å². The molecule has 4 rings (SSSR count). The van der Waals surface area contributed by atoms with Gasteiger partial charge in [-0.3, -0.25) is 4.79 Å². The SMILES string of the molecule is O=C(Nc1cc(Cl)ccc1-n1cccn1)c1cccc(S(=O)(=O)N2CCCCC2)c1. The fraction of sp³-hybridized carbons (Fsp3) is 0.238. The maximum atomic E-state index is 12.9. The summed E-state index contributed by atoms with van der Waals surface area (Å²) in [7, 11) is -3.62. The molecule has 156 valence electrons. The molecule has 30 heavy (non-hydrogen) atoms. The van der Waals surface area contributed by atoms with Crippen molar-refractivity contribution < 1.29 is 13.2 Å². The number of anilines is 1. The smallest absolute Gasteiger partial charge is 0.255 e. The van der Waals surface area contributed by atoms with E-state index in [1.165, 1.54) is 16.4 Å². The summed E-state index contributed by atoms with van der Waals surface area (Å²) >= 11 is 6.11. The fourth-order valence-electron chi connectivity index (χ4n) is 3.47. The Balaban J connectivity index is 1.61. The van der Waals surface area contributed by atoms with Gasteiger partial charge < -0.3 is 5.32 Å². The monoisotopic (exact) mass is 444 g/mol. The van der Waals surface area contributed by atoms with Crippen molar-refractivity contribution in [3.8, 4) is 5.69 Å². The van der Waals surface area contributed by atoms with E-state index in [1.54, 1.807) is 53.5 Å². The molecule has 0 atom stereocenters. The van der Waals surface area contributed by atoms with Crippen LogP contribution in [0.15, 0.2) is 65.8 Å². The number of nitrogens with one attached hydrogen (secondary N) is 1. The minimum Gasteiger partial charge on any atom is -0.320 e. The van der Waals surface area contributed by atoms with Gasteiger partial charge in [-0.2, -0.15) is 9.40 Å². The lowest BCUT2D eigenvalue weighted by molar-refractivity contribution is 0.102. The van der Waals surface area contributed by atoms with Crippen LogP contribution in [0.1, 0.15) is 29.6 Å². The van der Waals surface area contributed by atoms with Crippen LogP contribution in [-0.2, 0) is 10.0 Å². The molecule has 0 unspecified atom stereocenters. The highest BCUT2D eigenvalue weighted by atomic mass is 35.5. The summed E-state index contributed by atoms with van der Waals surface area (Å²) in [5, 5.41) is 7.47. The first-order valence-corrected chi connectivity index (χ1v) is 11.5. The summed E-state index contributed by atoms with van der Waals surface area (Å²) in [6.07, 6.45) is 6.13. The Labute approximate surface area is 180 Å². The van der Waals surface area contributed by atoms with Crippen LogP contribution < -0.4 is 5.32 Å². The van der Waals surface area contributed by atoms with Crippen LogP contribution in [0.5, 0.6) is 0 Å². The quantitative estimate of drug-likeness (QED) is 0.645. The van der Waals surface area contributed by atoms with Crippen molar-refractivity contribution >= 4 is 33.2 Å². The maximum absolute atomic E-state index is 12.9. The molecule has 1 aliphatic rings. The molecule has 2 heterocycles. The van der Waals surface area contributed by atoms with Crippen LogP contribution >= 0.6 is 11.6 Å². The summed E-state index contributed by atoms with van der Waals surface area (Å²) < 4.78 is 29.0. The minimum atomic E-state index is -3.62. The van der Waals surface area contributed by atoms with Crippen molar-refractivity contribution in [1.29, 1.82) is 0 Å². The standard InChI is InChI=1S/C21H21ClN4O3S/c22-17-8-9-20(26-13-5-10-23-26)19(15-17)24-21(27)16-6-4-7-18(14-16)30(28,29)25-11-2-1-3-12-25/h4-10,13-15H,1-3,11-12H2,(H,24,27). The number of halogens is 1. The molecule has 1 aromatic heterocycles. The molecule has 1 saturated heterocycles. The molecule has 0 bridgehead atoms. The number of hydrogen-bond acceptors (Lipinski definition) is 4. The van der Waals surface area contributed by atoms with Crippen molar-refractivity contribution in [2.45, 2.75) is 24.2 Å². The lowest BCUT2D eigenvalue weighted by atomic mass is 10.2. The second-order valence-electron chi connectivity index (χ2n) is 7.06. The number of amides is 1. The van der Waals surface area contributed by atoms with E-state index in [9.17, 15) is 13.2 Å². The summed E-state index contributed by atoms with van der Waals surface area (Å²) in [5.74, 6) is -0.429. The van der Waals surface area contributed by atoms with E-state index in [2.05, 4.69) is 10.4 Å². The highest BCUT2D eigenvalue weighted by molar-refractivity contribution is 7.89. The number of aromatic nitrogens is 2. The molecule has 0 spiro atoms. The van der Waals surface area contributed by atoms with E-state index in [4.69, 9.17) is 11.6 Å². The summed E-state index contributed by atoms with van der Waals surface area (Å²) in [6.45, 7) is 1.02. The van der Waals surface area contributed by atoms with Crippen LogP contribution in [0.3, 0.4) is 0 Å². The van der Waals surface area contributed by atoms with Gasteiger partial charge in [0.25, 0.3) is 5.91 Å². The normalized spacial score (nSPS) is 15.1. The molecule has 1 aliphatic heterocycles. The van der Waals surface area contributed by atoms with Crippen molar-refractivity contribution in [3.63, 3.8) is 0 Å². The number of carbonyl (C=O) groups is 1. The van der Waals surface area contributed by atoms with Crippen LogP contribution in [0.4, 0.5) is 5.69 Å². The predicted molar refractivity (Wildman–Crippen MR) is 116 cm³/mol. The Morgan fingerprint density at radius 3 is 2.57 bits per heavy atom. The molecule has 1 fully saturated rings. The van der Waals surface area contributed by atoms with E-state index in [-0.39, 0.29) is 10.5 Å². The highest BCUT2D eigenvalue weighted by Gasteiger charge is 2.26. The molecule has 1 N–H and O–H groups in total. The van der Waals surface area contributed by atoms with Gasteiger partial charge in [-0.05, 0) is 55.3 Å². The second kappa shape index (κ2) is 8.59. The molecule has 7 nitrogen and oxygen atoms in total. The second-order valence-corrected chi connectivity index (χ2v) is 9.43. The van der Waals surface area contributed by atoms with E-state index in [0.29, 0.717) is 29.5 Å². The van der Waals surface area contributed by atoms with Gasteiger partial charge in [-0.25, -0.2) is 13.1 Å². The van der Waals surface area contributed by atoms with Crippen molar-refractivity contribution in [2.24, 2.45) is 0 Å². The van der Waals surface area contributed by atoms with E-state index >= 15 is 0 Å². The minimum absolute atomic E-state index is 0.121. The first-order valence-electron chi connectivity index (χ1n) is 9.66. The molecular formula is C21H21ClN4O3S. The molecule has 3 aromatic rings. The molecule has 0 saturated carbocycles. The zero-order valence-corrected chi connectivity index (χ0v) is 17.7. The van der Waals surface area contributed by atoms with Gasteiger partial charge >= 0.3 is 0 Å². The number of piperidine rings is 1. The average Bonchev–Trinajstić information content (AvgIpc) is 3.29. The van der Waals surface area contributed by atoms with Gasteiger partial charge in [0, 0.05) is 36.1 Å². The zero-order chi connectivity index (χ0) is 21.1. The maximum Gasteiger partial charge on any atom is 0.255 e. The molecule has 0 radical (unpaired) electrons. The first kappa shape index (κ1) is 20.6. The van der Waals surface area contributed by atoms with Gasteiger partial charge in [0.1, 0.15) is 0 Å². The number of sulfonamides is 1. The Morgan fingerprint density at radius 2 is 1.83 bits per heavy atom.